The van der Waals surface area contributed by atoms with Crippen molar-refractivity contribution in [3.05, 3.63) is 0 Å². The van der Waals surface area contributed by atoms with Gasteiger partial charge in [-0.05, 0) is 26.7 Å². The first-order chi connectivity index (χ1) is 8.44. The summed E-state index contributed by atoms with van der Waals surface area (Å²) < 4.78 is 25.8. The molecule has 1 fully saturated rings. The van der Waals surface area contributed by atoms with E-state index >= 15 is 0 Å². The van der Waals surface area contributed by atoms with E-state index in [0.29, 0.717) is 6.54 Å². The monoisotopic (exact) mass is 404 g/mol. The Balaban J connectivity index is 0.00000324. The highest BCUT2D eigenvalue weighted by atomic mass is 127. The molecule has 1 heterocycles. The molecule has 2 N–H and O–H groups in total. The van der Waals surface area contributed by atoms with E-state index in [9.17, 15) is 8.42 Å². The van der Waals surface area contributed by atoms with Gasteiger partial charge in [-0.25, -0.2) is 13.1 Å². The first-order valence-electron chi connectivity index (χ1n) is 6.40. The van der Waals surface area contributed by atoms with Crippen LogP contribution in [0.2, 0.25) is 0 Å². The molecule has 1 rings (SSSR count). The van der Waals surface area contributed by atoms with E-state index in [1.54, 1.807) is 7.05 Å². The van der Waals surface area contributed by atoms with Gasteiger partial charge in [-0.15, -0.1) is 24.0 Å². The van der Waals surface area contributed by atoms with Crippen molar-refractivity contribution in [1.29, 1.82) is 0 Å². The highest BCUT2D eigenvalue weighted by molar-refractivity contribution is 14.0. The van der Waals surface area contributed by atoms with Crippen molar-refractivity contribution in [2.75, 3.05) is 32.4 Å². The van der Waals surface area contributed by atoms with Crippen molar-refractivity contribution in [3.8, 4) is 0 Å². The number of sulfonamides is 1. The maximum Gasteiger partial charge on any atom is 0.213 e. The molecule has 1 aliphatic rings. The Bertz CT molecular complexity index is 378. The summed E-state index contributed by atoms with van der Waals surface area (Å²) in [5.41, 5.74) is 0. The zero-order valence-corrected chi connectivity index (χ0v) is 15.0. The predicted molar refractivity (Wildman–Crippen MR) is 89.6 cm³/mol. The first kappa shape index (κ1) is 18.9. The molecular weight excluding hydrogens is 379 g/mol. The van der Waals surface area contributed by atoms with Crippen LogP contribution in [0.1, 0.15) is 26.7 Å². The summed E-state index contributed by atoms with van der Waals surface area (Å²) >= 11 is 0. The molecule has 114 valence electrons. The number of nitrogens with zero attached hydrogens (tertiary/aromatic N) is 2. The number of guanidine groups is 1. The highest BCUT2D eigenvalue weighted by Gasteiger charge is 2.16. The third kappa shape index (κ3) is 7.31. The van der Waals surface area contributed by atoms with Gasteiger partial charge in [0.05, 0.1) is 5.75 Å². The van der Waals surface area contributed by atoms with Crippen LogP contribution >= 0.6 is 24.0 Å². The molecule has 0 spiro atoms. The first-order valence-corrected chi connectivity index (χ1v) is 8.05. The normalized spacial score (nSPS) is 16.6. The third-order valence-electron chi connectivity index (χ3n) is 2.69. The summed E-state index contributed by atoms with van der Waals surface area (Å²) in [6.45, 7) is 6.00. The number of hydrogen-bond donors (Lipinski definition) is 2. The highest BCUT2D eigenvalue weighted by Crippen LogP contribution is 2.06. The average molecular weight is 404 g/mol. The fraction of sp³-hybridized carbons (Fsp3) is 0.909. The Kier molecular flexibility index (Phi) is 8.92. The van der Waals surface area contributed by atoms with Gasteiger partial charge < -0.3 is 10.2 Å². The number of likely N-dealkylation sites (tertiary alicyclic amines) is 1. The molecule has 1 aliphatic heterocycles. The third-order valence-corrected chi connectivity index (χ3v) is 4.26. The minimum Gasteiger partial charge on any atom is -0.355 e. The van der Waals surface area contributed by atoms with Crippen LogP contribution < -0.4 is 10.0 Å². The molecule has 0 aromatic heterocycles. The van der Waals surface area contributed by atoms with Gasteiger partial charge in [0.2, 0.25) is 10.0 Å². The minimum absolute atomic E-state index is 0. The molecular formula is C11H25IN4O2S. The van der Waals surface area contributed by atoms with Crippen molar-refractivity contribution in [2.24, 2.45) is 4.99 Å². The molecule has 0 saturated carbocycles. The molecule has 0 radical (unpaired) electrons. The SMILES string of the molecule is CN=C(NCCS(=O)(=O)NC(C)C)N1CCCC1.I. The molecule has 8 heteroatoms. The molecule has 0 unspecified atom stereocenters. The van der Waals surface area contributed by atoms with Crippen LogP contribution in [0.4, 0.5) is 0 Å². The van der Waals surface area contributed by atoms with Crippen molar-refractivity contribution in [2.45, 2.75) is 32.7 Å². The van der Waals surface area contributed by atoms with Gasteiger partial charge in [0.1, 0.15) is 0 Å². The number of nitrogens with one attached hydrogen (secondary N) is 2. The van der Waals surface area contributed by atoms with Gasteiger partial charge in [0.15, 0.2) is 5.96 Å². The van der Waals surface area contributed by atoms with E-state index in [0.717, 1.165) is 19.0 Å². The average Bonchev–Trinajstić information content (AvgIpc) is 2.75. The van der Waals surface area contributed by atoms with E-state index < -0.39 is 10.0 Å². The molecule has 0 aromatic carbocycles. The summed E-state index contributed by atoms with van der Waals surface area (Å²) in [6.07, 6.45) is 2.35. The Labute approximate surface area is 133 Å². The largest absolute Gasteiger partial charge is 0.355 e. The number of rotatable bonds is 5. The molecule has 0 amide bonds. The molecule has 0 aromatic rings. The smallest absolute Gasteiger partial charge is 0.213 e. The van der Waals surface area contributed by atoms with Crippen LogP contribution in [-0.4, -0.2) is 57.8 Å². The van der Waals surface area contributed by atoms with Gasteiger partial charge in [-0.1, -0.05) is 0 Å². The van der Waals surface area contributed by atoms with Crippen LogP contribution in [0.5, 0.6) is 0 Å². The zero-order valence-electron chi connectivity index (χ0n) is 11.8. The molecule has 19 heavy (non-hydrogen) atoms. The van der Waals surface area contributed by atoms with E-state index in [4.69, 9.17) is 0 Å². The van der Waals surface area contributed by atoms with Crippen molar-refractivity contribution in [1.82, 2.24) is 14.9 Å². The fourth-order valence-electron chi connectivity index (χ4n) is 1.98. The van der Waals surface area contributed by atoms with Gasteiger partial charge in [-0.3, -0.25) is 4.99 Å². The van der Waals surface area contributed by atoms with Crippen LogP contribution in [0.25, 0.3) is 0 Å². The van der Waals surface area contributed by atoms with Gasteiger partial charge in [-0.2, -0.15) is 0 Å². The Morgan fingerprint density at radius 2 is 1.89 bits per heavy atom. The van der Waals surface area contributed by atoms with E-state index in [1.165, 1.54) is 12.8 Å². The zero-order chi connectivity index (χ0) is 13.6. The van der Waals surface area contributed by atoms with Crippen LogP contribution in [0.3, 0.4) is 0 Å². The Morgan fingerprint density at radius 3 is 2.37 bits per heavy atom. The minimum atomic E-state index is -3.19. The summed E-state index contributed by atoms with van der Waals surface area (Å²) in [5.74, 6) is 0.866. The maximum absolute atomic E-state index is 11.6. The van der Waals surface area contributed by atoms with E-state index in [2.05, 4.69) is 19.9 Å². The summed E-state index contributed by atoms with van der Waals surface area (Å²) in [6, 6.07) is -0.0621. The lowest BCUT2D eigenvalue weighted by molar-refractivity contribution is 0.495. The predicted octanol–water partition coefficient (Wildman–Crippen LogP) is 0.603. The van der Waals surface area contributed by atoms with E-state index in [-0.39, 0.29) is 35.8 Å². The second-order valence-electron chi connectivity index (χ2n) is 4.76. The second kappa shape index (κ2) is 8.96. The second-order valence-corrected chi connectivity index (χ2v) is 6.63. The molecule has 0 bridgehead atoms. The summed E-state index contributed by atoms with van der Waals surface area (Å²) in [5, 5.41) is 3.10. The van der Waals surface area contributed by atoms with Crippen LogP contribution in [0.15, 0.2) is 4.99 Å². The summed E-state index contributed by atoms with van der Waals surface area (Å²) in [4.78, 5) is 6.32. The number of aliphatic imine (C=N–C) groups is 1. The van der Waals surface area contributed by atoms with E-state index in [1.807, 2.05) is 13.8 Å². The van der Waals surface area contributed by atoms with Crippen LogP contribution in [-0.2, 0) is 10.0 Å². The molecule has 1 saturated heterocycles. The number of halogens is 1. The van der Waals surface area contributed by atoms with Crippen molar-refractivity contribution >= 4 is 40.0 Å². The number of hydrogen-bond acceptors (Lipinski definition) is 3. The maximum atomic E-state index is 11.6. The Hall–Kier alpha value is -0.0900. The van der Waals surface area contributed by atoms with Gasteiger partial charge in [0.25, 0.3) is 0 Å². The lowest BCUT2D eigenvalue weighted by Gasteiger charge is -2.20. The summed E-state index contributed by atoms with van der Waals surface area (Å²) in [7, 11) is -1.47. The molecule has 0 aliphatic carbocycles. The topological polar surface area (TPSA) is 73.8 Å². The van der Waals surface area contributed by atoms with Gasteiger partial charge >= 0.3 is 0 Å². The fourth-order valence-corrected chi connectivity index (χ4v) is 3.18. The quantitative estimate of drug-likeness (QED) is 0.400. The van der Waals surface area contributed by atoms with Crippen LogP contribution in [0, 0.1) is 0 Å². The molecule has 0 atom stereocenters. The van der Waals surface area contributed by atoms with Gasteiger partial charge in [0, 0.05) is 32.7 Å². The van der Waals surface area contributed by atoms with Crippen molar-refractivity contribution in [3.63, 3.8) is 0 Å². The lowest BCUT2D eigenvalue weighted by Crippen LogP contribution is -2.43. The lowest BCUT2D eigenvalue weighted by atomic mass is 10.4. The van der Waals surface area contributed by atoms with Crippen molar-refractivity contribution < 1.29 is 8.42 Å². The molecule has 6 nitrogen and oxygen atoms in total. The Morgan fingerprint density at radius 1 is 1.32 bits per heavy atom. The standard InChI is InChI=1S/C11H24N4O2S.HI/c1-10(2)14-18(16,17)9-6-13-11(12-3)15-7-4-5-8-15;/h10,14H,4-9H2,1-3H3,(H,12,13);1H.